The number of methoxy groups -OCH3 is 1. The van der Waals surface area contributed by atoms with Gasteiger partial charge in [0.1, 0.15) is 17.9 Å². The fourth-order valence-electron chi connectivity index (χ4n) is 3.76. The smallest absolute Gasteiger partial charge is 0.139 e. The second kappa shape index (κ2) is 6.25. The van der Waals surface area contributed by atoms with Gasteiger partial charge >= 0.3 is 0 Å². The molecule has 6 heteroatoms. The molecule has 0 spiro atoms. The highest BCUT2D eigenvalue weighted by atomic mass is 16.5. The summed E-state index contributed by atoms with van der Waals surface area (Å²) in [7, 11) is 1.66. The molecule has 1 aliphatic heterocycles. The normalized spacial score (nSPS) is 17.1. The van der Waals surface area contributed by atoms with Crippen molar-refractivity contribution in [1.29, 1.82) is 0 Å². The molecular formula is C21H21N5O. The molecular weight excluding hydrogens is 338 g/mol. The topological polar surface area (TPSA) is 69.2 Å². The van der Waals surface area contributed by atoms with Gasteiger partial charge in [0, 0.05) is 36.3 Å². The third kappa shape index (κ3) is 2.78. The Morgan fingerprint density at radius 2 is 2.00 bits per heavy atom. The van der Waals surface area contributed by atoms with E-state index in [-0.39, 0.29) is 6.04 Å². The second-order valence-electron chi connectivity index (χ2n) is 7.01. The van der Waals surface area contributed by atoms with Crippen molar-refractivity contribution in [3.05, 3.63) is 54.9 Å². The predicted octanol–water partition coefficient (Wildman–Crippen LogP) is 3.12. The maximum Gasteiger partial charge on any atom is 0.139 e. The molecule has 0 amide bonds. The number of nitrogens with two attached hydrogens (primary N) is 1. The van der Waals surface area contributed by atoms with Gasteiger partial charge in [-0.05, 0) is 48.9 Å². The van der Waals surface area contributed by atoms with Crippen molar-refractivity contribution in [2.75, 3.05) is 25.1 Å². The average Bonchev–Trinajstić information content (AvgIpc) is 3.33. The largest absolute Gasteiger partial charge is 0.497 e. The van der Waals surface area contributed by atoms with Crippen molar-refractivity contribution in [1.82, 2.24) is 14.5 Å². The van der Waals surface area contributed by atoms with E-state index in [0.717, 1.165) is 53.0 Å². The highest BCUT2D eigenvalue weighted by Crippen LogP contribution is 2.26. The number of nitrogens with zero attached hydrogens (tertiary/aromatic N) is 4. The number of imidazole rings is 1. The Labute approximate surface area is 157 Å². The minimum Gasteiger partial charge on any atom is -0.497 e. The van der Waals surface area contributed by atoms with Crippen LogP contribution in [0.15, 0.2) is 54.9 Å². The summed E-state index contributed by atoms with van der Waals surface area (Å²) in [4.78, 5) is 11.7. The zero-order chi connectivity index (χ0) is 18.4. The standard InChI is InChI=1S/C21H21N5O/c1-27-17-4-6-20-19(11-17)23-13-26(20)21-7-2-14-10-16(3-5-18(14)24-21)25-9-8-15(22)12-25/h2-7,10-11,13,15H,8-9,12,22H2,1H3. The van der Waals surface area contributed by atoms with Gasteiger partial charge in [0.05, 0.1) is 23.7 Å². The molecule has 1 fully saturated rings. The lowest BCUT2D eigenvalue weighted by Crippen LogP contribution is -2.26. The molecule has 2 aromatic heterocycles. The number of ether oxygens (including phenoxy) is 1. The zero-order valence-electron chi connectivity index (χ0n) is 15.2. The zero-order valence-corrected chi connectivity index (χ0v) is 15.2. The Morgan fingerprint density at radius 3 is 2.81 bits per heavy atom. The first-order valence-corrected chi connectivity index (χ1v) is 9.14. The first kappa shape index (κ1) is 16.1. The summed E-state index contributed by atoms with van der Waals surface area (Å²) in [6.45, 7) is 1.93. The molecule has 1 unspecified atom stereocenters. The highest BCUT2D eigenvalue weighted by Gasteiger charge is 2.19. The summed E-state index contributed by atoms with van der Waals surface area (Å²) in [5, 5.41) is 1.13. The molecule has 136 valence electrons. The Hall–Kier alpha value is -3.12. The van der Waals surface area contributed by atoms with Gasteiger partial charge in [-0.25, -0.2) is 9.97 Å². The summed E-state index contributed by atoms with van der Waals surface area (Å²) < 4.78 is 7.28. The highest BCUT2D eigenvalue weighted by molar-refractivity contribution is 5.84. The van der Waals surface area contributed by atoms with Gasteiger partial charge in [0.2, 0.25) is 0 Å². The Kier molecular flexibility index (Phi) is 3.72. The quantitative estimate of drug-likeness (QED) is 0.609. The molecule has 4 aromatic rings. The molecule has 0 aliphatic carbocycles. The van der Waals surface area contributed by atoms with Crippen LogP contribution in [0.4, 0.5) is 5.69 Å². The molecule has 1 aliphatic rings. The van der Waals surface area contributed by atoms with Gasteiger partial charge < -0.3 is 15.4 Å². The van der Waals surface area contributed by atoms with Crippen LogP contribution in [0.5, 0.6) is 5.75 Å². The van der Waals surface area contributed by atoms with Crippen LogP contribution in [-0.4, -0.2) is 40.8 Å². The maximum absolute atomic E-state index is 6.04. The monoisotopic (exact) mass is 359 g/mol. The van der Waals surface area contributed by atoms with Crippen LogP contribution in [0, 0.1) is 0 Å². The lowest BCUT2D eigenvalue weighted by Gasteiger charge is -2.18. The number of anilines is 1. The van der Waals surface area contributed by atoms with Crippen molar-refractivity contribution in [3.8, 4) is 11.6 Å². The van der Waals surface area contributed by atoms with Crippen LogP contribution >= 0.6 is 0 Å². The number of benzene rings is 2. The van der Waals surface area contributed by atoms with Crippen LogP contribution in [0.2, 0.25) is 0 Å². The Bertz CT molecular complexity index is 1140. The molecule has 1 saturated heterocycles. The summed E-state index contributed by atoms with van der Waals surface area (Å²) in [6.07, 6.45) is 2.85. The fraction of sp³-hybridized carbons (Fsp3) is 0.238. The maximum atomic E-state index is 6.04. The summed E-state index contributed by atoms with van der Waals surface area (Å²) in [5.41, 5.74) is 10.1. The number of fused-ring (bicyclic) bond motifs is 2. The Balaban J connectivity index is 1.53. The predicted molar refractivity (Wildman–Crippen MR) is 108 cm³/mol. The number of hydrogen-bond acceptors (Lipinski definition) is 5. The van der Waals surface area contributed by atoms with Gasteiger partial charge in [-0.1, -0.05) is 0 Å². The van der Waals surface area contributed by atoms with Crippen LogP contribution in [-0.2, 0) is 0 Å². The molecule has 0 saturated carbocycles. The number of rotatable bonds is 3. The minimum absolute atomic E-state index is 0.273. The molecule has 0 bridgehead atoms. The minimum atomic E-state index is 0.273. The van der Waals surface area contributed by atoms with Gasteiger partial charge in [-0.15, -0.1) is 0 Å². The molecule has 0 radical (unpaired) electrons. The van der Waals surface area contributed by atoms with E-state index >= 15 is 0 Å². The van der Waals surface area contributed by atoms with Gasteiger partial charge in [0.15, 0.2) is 0 Å². The van der Waals surface area contributed by atoms with Crippen molar-refractivity contribution < 1.29 is 4.74 Å². The first-order chi connectivity index (χ1) is 13.2. The van der Waals surface area contributed by atoms with E-state index < -0.39 is 0 Å². The average molecular weight is 359 g/mol. The molecule has 3 heterocycles. The molecule has 2 N–H and O–H groups in total. The molecule has 27 heavy (non-hydrogen) atoms. The van der Waals surface area contributed by atoms with E-state index in [2.05, 4.69) is 34.1 Å². The number of hydrogen-bond donors (Lipinski definition) is 1. The summed E-state index contributed by atoms with van der Waals surface area (Å²) >= 11 is 0. The molecule has 2 aromatic carbocycles. The van der Waals surface area contributed by atoms with E-state index in [0.29, 0.717) is 0 Å². The van der Waals surface area contributed by atoms with Crippen molar-refractivity contribution in [2.24, 2.45) is 5.73 Å². The first-order valence-electron chi connectivity index (χ1n) is 9.14. The SMILES string of the molecule is COc1ccc2c(c1)ncn2-c1ccc2cc(N3CCC(N)C3)ccc2n1. The van der Waals surface area contributed by atoms with Gasteiger partial charge in [-0.2, -0.15) is 0 Å². The lowest BCUT2D eigenvalue weighted by atomic mass is 10.2. The van der Waals surface area contributed by atoms with Crippen molar-refractivity contribution >= 4 is 27.6 Å². The fourth-order valence-corrected chi connectivity index (χ4v) is 3.76. The number of pyridine rings is 1. The Morgan fingerprint density at radius 1 is 1.07 bits per heavy atom. The van der Waals surface area contributed by atoms with Crippen LogP contribution in [0.25, 0.3) is 27.8 Å². The van der Waals surface area contributed by atoms with Gasteiger partial charge in [0.25, 0.3) is 0 Å². The third-order valence-electron chi connectivity index (χ3n) is 5.25. The summed E-state index contributed by atoms with van der Waals surface area (Å²) in [6, 6.07) is 16.7. The molecule has 6 nitrogen and oxygen atoms in total. The van der Waals surface area contributed by atoms with Crippen LogP contribution in [0.1, 0.15) is 6.42 Å². The van der Waals surface area contributed by atoms with E-state index in [1.807, 2.05) is 28.8 Å². The summed E-state index contributed by atoms with van der Waals surface area (Å²) in [5.74, 6) is 1.65. The molecule has 1 atom stereocenters. The van der Waals surface area contributed by atoms with E-state index in [9.17, 15) is 0 Å². The number of aromatic nitrogens is 3. The van der Waals surface area contributed by atoms with Gasteiger partial charge in [-0.3, -0.25) is 4.57 Å². The second-order valence-corrected chi connectivity index (χ2v) is 7.01. The van der Waals surface area contributed by atoms with Crippen LogP contribution < -0.4 is 15.4 Å². The van der Waals surface area contributed by atoms with E-state index in [4.69, 9.17) is 15.5 Å². The van der Waals surface area contributed by atoms with Crippen molar-refractivity contribution in [3.63, 3.8) is 0 Å². The lowest BCUT2D eigenvalue weighted by molar-refractivity contribution is 0.415. The van der Waals surface area contributed by atoms with Crippen molar-refractivity contribution in [2.45, 2.75) is 12.5 Å². The molecule has 5 rings (SSSR count). The van der Waals surface area contributed by atoms with E-state index in [1.165, 1.54) is 5.69 Å². The van der Waals surface area contributed by atoms with Crippen LogP contribution in [0.3, 0.4) is 0 Å². The van der Waals surface area contributed by atoms with E-state index in [1.54, 1.807) is 13.4 Å². The third-order valence-corrected chi connectivity index (χ3v) is 5.25.